The van der Waals surface area contributed by atoms with E-state index in [4.69, 9.17) is 16.3 Å². The summed E-state index contributed by atoms with van der Waals surface area (Å²) in [4.78, 5) is 23.0. The average Bonchev–Trinajstić information content (AvgIpc) is 2.47. The van der Waals surface area contributed by atoms with Crippen LogP contribution < -0.4 is 10.0 Å². The third-order valence-electron chi connectivity index (χ3n) is 2.47. The van der Waals surface area contributed by atoms with E-state index < -0.39 is 16.1 Å². The Kier molecular flexibility index (Phi) is 5.42. The predicted molar refractivity (Wildman–Crippen MR) is 81.3 cm³/mol. The van der Waals surface area contributed by atoms with Crippen LogP contribution in [0.3, 0.4) is 0 Å². The lowest BCUT2D eigenvalue weighted by Gasteiger charge is -2.09. The van der Waals surface area contributed by atoms with Crippen molar-refractivity contribution in [3.63, 3.8) is 0 Å². The fraction of sp³-hybridized carbons (Fsp3) is 0.167. The lowest BCUT2D eigenvalue weighted by molar-refractivity contribution is 0.177. The molecule has 1 heterocycles. The lowest BCUT2D eigenvalue weighted by Crippen LogP contribution is -2.35. The number of hydrogen-bond donors (Lipinski definition) is 2. The number of anilines is 1. The molecule has 0 aliphatic rings. The van der Waals surface area contributed by atoms with Gasteiger partial charge < -0.3 is 4.74 Å². The van der Waals surface area contributed by atoms with Crippen LogP contribution in [0.4, 0.5) is 10.7 Å². The monoisotopic (exact) mass is 357 g/mol. The molecular weight excluding hydrogens is 346 g/mol. The van der Waals surface area contributed by atoms with Crippen LogP contribution >= 0.6 is 11.6 Å². The number of aromatic nitrogens is 3. The summed E-state index contributed by atoms with van der Waals surface area (Å²) in [6, 6.07) is 4.71. The molecule has 0 aliphatic heterocycles. The van der Waals surface area contributed by atoms with Crippen molar-refractivity contribution in [1.82, 2.24) is 19.7 Å². The standard InChI is InChI=1S/C12H12ClN5O4S/c1-22-6-10-14-7-15-11(16-10)17-12(19)18-23(20,21)9-5-3-2-4-8(9)13/h2-5,7H,6H2,1H3,(H2,14,15,16,17,18,19). The van der Waals surface area contributed by atoms with Crippen molar-refractivity contribution < 1.29 is 17.9 Å². The number of ether oxygens (including phenoxy) is 1. The van der Waals surface area contributed by atoms with Gasteiger partial charge in [-0.3, -0.25) is 5.32 Å². The first-order chi connectivity index (χ1) is 10.9. The number of hydrogen-bond acceptors (Lipinski definition) is 7. The maximum absolute atomic E-state index is 12.1. The van der Waals surface area contributed by atoms with Crippen LogP contribution in [-0.2, 0) is 21.4 Å². The first kappa shape index (κ1) is 17.1. The van der Waals surface area contributed by atoms with Crippen LogP contribution in [0.5, 0.6) is 0 Å². The second kappa shape index (κ2) is 7.31. The number of carbonyl (C=O) groups is 1. The summed E-state index contributed by atoms with van der Waals surface area (Å²) in [6.45, 7) is 0.122. The van der Waals surface area contributed by atoms with Gasteiger partial charge in [0, 0.05) is 7.11 Å². The number of benzene rings is 1. The quantitative estimate of drug-likeness (QED) is 0.823. The highest BCUT2D eigenvalue weighted by Gasteiger charge is 2.20. The van der Waals surface area contributed by atoms with Crippen LogP contribution in [0.15, 0.2) is 35.5 Å². The summed E-state index contributed by atoms with van der Waals surface area (Å²) in [5.41, 5.74) is 0. The van der Waals surface area contributed by atoms with Crippen LogP contribution in [0, 0.1) is 0 Å². The molecule has 0 saturated carbocycles. The molecule has 2 rings (SSSR count). The van der Waals surface area contributed by atoms with Crippen LogP contribution in [0.2, 0.25) is 5.02 Å². The van der Waals surface area contributed by atoms with E-state index in [0.29, 0.717) is 0 Å². The minimum Gasteiger partial charge on any atom is -0.377 e. The minimum absolute atomic E-state index is 0.00431. The second-order valence-electron chi connectivity index (χ2n) is 4.15. The Morgan fingerprint density at radius 2 is 2.04 bits per heavy atom. The van der Waals surface area contributed by atoms with Crippen molar-refractivity contribution >= 4 is 33.6 Å². The highest BCUT2D eigenvalue weighted by Crippen LogP contribution is 2.20. The third kappa shape index (κ3) is 4.58. The molecule has 0 bridgehead atoms. The smallest absolute Gasteiger partial charge is 0.335 e. The number of nitrogens with one attached hydrogen (secondary N) is 2. The Labute approximate surface area is 137 Å². The zero-order valence-corrected chi connectivity index (χ0v) is 13.4. The molecule has 23 heavy (non-hydrogen) atoms. The van der Waals surface area contributed by atoms with Gasteiger partial charge in [-0.2, -0.15) is 4.98 Å². The van der Waals surface area contributed by atoms with Crippen LogP contribution in [0.1, 0.15) is 5.82 Å². The molecule has 1 aromatic carbocycles. The van der Waals surface area contributed by atoms with E-state index in [9.17, 15) is 13.2 Å². The summed E-state index contributed by atoms with van der Waals surface area (Å²) >= 11 is 5.81. The Morgan fingerprint density at radius 1 is 1.30 bits per heavy atom. The predicted octanol–water partition coefficient (Wildman–Crippen LogP) is 1.18. The molecule has 0 spiro atoms. The van der Waals surface area contributed by atoms with E-state index in [2.05, 4.69) is 20.3 Å². The molecule has 11 heteroatoms. The van der Waals surface area contributed by atoms with Crippen molar-refractivity contribution in [2.45, 2.75) is 11.5 Å². The molecule has 0 saturated heterocycles. The maximum Gasteiger partial charge on any atom is 0.335 e. The Bertz CT molecular complexity index is 815. The zero-order chi connectivity index (χ0) is 16.9. The molecule has 0 radical (unpaired) electrons. The second-order valence-corrected chi connectivity index (χ2v) is 6.21. The highest BCUT2D eigenvalue weighted by atomic mass is 35.5. The van der Waals surface area contributed by atoms with Gasteiger partial charge >= 0.3 is 6.03 Å². The number of sulfonamides is 1. The first-order valence-corrected chi connectivity index (χ1v) is 8.03. The zero-order valence-electron chi connectivity index (χ0n) is 11.9. The van der Waals surface area contributed by atoms with Gasteiger partial charge in [0.25, 0.3) is 10.0 Å². The molecule has 2 amide bonds. The fourth-order valence-electron chi connectivity index (χ4n) is 1.56. The van der Waals surface area contributed by atoms with E-state index in [1.165, 1.54) is 31.6 Å². The van der Waals surface area contributed by atoms with Gasteiger partial charge in [-0.1, -0.05) is 23.7 Å². The number of methoxy groups -OCH3 is 1. The normalized spacial score (nSPS) is 11.0. The molecule has 1 aromatic heterocycles. The van der Waals surface area contributed by atoms with E-state index in [1.807, 2.05) is 4.72 Å². The Morgan fingerprint density at radius 3 is 2.74 bits per heavy atom. The summed E-state index contributed by atoms with van der Waals surface area (Å²) in [5.74, 6) is 0.172. The number of halogens is 1. The molecular formula is C12H12ClN5O4S. The molecule has 0 aliphatic carbocycles. The maximum atomic E-state index is 12.1. The SMILES string of the molecule is COCc1ncnc(NC(=O)NS(=O)(=O)c2ccccc2Cl)n1. The number of nitrogens with zero attached hydrogens (tertiary/aromatic N) is 3. The number of rotatable bonds is 5. The van der Waals surface area contributed by atoms with Crippen molar-refractivity contribution in [2.75, 3.05) is 12.4 Å². The Hall–Kier alpha value is -2.30. The molecule has 0 atom stereocenters. The molecule has 9 nitrogen and oxygen atoms in total. The van der Waals surface area contributed by atoms with Crippen LogP contribution in [-0.4, -0.2) is 36.5 Å². The van der Waals surface area contributed by atoms with Gasteiger partial charge in [-0.15, -0.1) is 0 Å². The average molecular weight is 358 g/mol. The molecule has 122 valence electrons. The van der Waals surface area contributed by atoms with Gasteiger partial charge in [0.15, 0.2) is 5.82 Å². The number of carbonyl (C=O) groups excluding carboxylic acids is 1. The highest BCUT2D eigenvalue weighted by molar-refractivity contribution is 7.90. The van der Waals surface area contributed by atoms with Gasteiger partial charge in [0.2, 0.25) is 5.95 Å². The van der Waals surface area contributed by atoms with Crippen molar-refractivity contribution in [3.05, 3.63) is 41.4 Å². The lowest BCUT2D eigenvalue weighted by atomic mass is 10.4. The molecule has 2 aromatic rings. The summed E-state index contributed by atoms with van der Waals surface area (Å²) < 4.78 is 30.9. The summed E-state index contributed by atoms with van der Waals surface area (Å²) in [5, 5.41) is 2.19. The number of amides is 2. The molecule has 0 unspecified atom stereocenters. The first-order valence-electron chi connectivity index (χ1n) is 6.17. The number of urea groups is 1. The van der Waals surface area contributed by atoms with Crippen molar-refractivity contribution in [3.8, 4) is 0 Å². The van der Waals surface area contributed by atoms with E-state index in [0.717, 1.165) is 0 Å². The summed E-state index contributed by atoms with van der Waals surface area (Å²) in [7, 11) is -2.66. The molecule has 0 fully saturated rings. The Balaban J connectivity index is 2.10. The van der Waals surface area contributed by atoms with Gasteiger partial charge in [-0.05, 0) is 12.1 Å². The van der Waals surface area contributed by atoms with Gasteiger partial charge in [0.05, 0.1) is 5.02 Å². The largest absolute Gasteiger partial charge is 0.377 e. The van der Waals surface area contributed by atoms with E-state index in [-0.39, 0.29) is 28.3 Å². The fourth-order valence-corrected chi connectivity index (χ4v) is 2.98. The van der Waals surface area contributed by atoms with Crippen molar-refractivity contribution in [1.29, 1.82) is 0 Å². The van der Waals surface area contributed by atoms with E-state index in [1.54, 1.807) is 6.07 Å². The van der Waals surface area contributed by atoms with Gasteiger partial charge in [0.1, 0.15) is 17.8 Å². The topological polar surface area (TPSA) is 123 Å². The minimum atomic E-state index is -4.12. The summed E-state index contributed by atoms with van der Waals surface area (Å²) in [6.07, 6.45) is 1.17. The van der Waals surface area contributed by atoms with Crippen molar-refractivity contribution in [2.24, 2.45) is 0 Å². The van der Waals surface area contributed by atoms with Crippen LogP contribution in [0.25, 0.3) is 0 Å². The molecule has 2 N–H and O–H groups in total. The van der Waals surface area contributed by atoms with E-state index >= 15 is 0 Å². The third-order valence-corrected chi connectivity index (χ3v) is 4.30. The van der Waals surface area contributed by atoms with Gasteiger partial charge in [-0.25, -0.2) is 27.9 Å².